The highest BCUT2D eigenvalue weighted by Crippen LogP contribution is 2.75. The average molecular weight is 558 g/mol. The minimum absolute atomic E-state index is 0.0308. The number of esters is 1. The van der Waals surface area contributed by atoms with Crippen molar-refractivity contribution in [3.63, 3.8) is 0 Å². The van der Waals surface area contributed by atoms with E-state index in [9.17, 15) is 9.59 Å². The lowest BCUT2D eigenvalue weighted by atomic mass is 9.33. The molecule has 0 saturated heterocycles. The zero-order valence-corrected chi connectivity index (χ0v) is 26.7. The average Bonchev–Trinajstić information content (AvgIpc) is 3.19. The Balaban J connectivity index is 1.37. The Hall–Kier alpha value is -2.20. The first kappa shape index (κ1) is 28.9. The third-order valence-corrected chi connectivity index (χ3v) is 13.7. The van der Waals surface area contributed by atoms with Gasteiger partial charge < -0.3 is 10.5 Å². The number of ether oxygens (including phenoxy) is 1. The quantitative estimate of drug-likeness (QED) is 0.381. The second-order valence-corrected chi connectivity index (χ2v) is 16.0. The van der Waals surface area contributed by atoms with Gasteiger partial charge in [0.2, 0.25) is 0 Å². The first-order valence-corrected chi connectivity index (χ1v) is 16.1. The summed E-state index contributed by atoms with van der Waals surface area (Å²) in [6, 6.07) is 8.01. The van der Waals surface area contributed by atoms with Crippen LogP contribution in [0.1, 0.15) is 116 Å². The van der Waals surface area contributed by atoms with Gasteiger partial charge in [0.1, 0.15) is 0 Å². The molecule has 0 heterocycles. The van der Waals surface area contributed by atoms with E-state index in [1.165, 1.54) is 43.1 Å². The summed E-state index contributed by atoms with van der Waals surface area (Å²) < 4.78 is 4.92. The van der Waals surface area contributed by atoms with Crippen molar-refractivity contribution in [2.45, 2.75) is 105 Å². The molecule has 0 radical (unpaired) electrons. The fourth-order valence-electron chi connectivity index (χ4n) is 11.6. The lowest BCUT2D eigenvalue weighted by Gasteiger charge is -2.71. The number of carbonyl (C=O) groups is 2. The summed E-state index contributed by atoms with van der Waals surface area (Å²) in [6.07, 6.45) is 11.0. The van der Waals surface area contributed by atoms with E-state index in [4.69, 9.17) is 10.5 Å². The van der Waals surface area contributed by atoms with Crippen molar-refractivity contribution in [2.24, 2.45) is 51.1 Å². The number of rotatable bonds is 3. The lowest BCUT2D eigenvalue weighted by molar-refractivity contribution is -0.193. The Labute approximate surface area is 247 Å². The van der Waals surface area contributed by atoms with E-state index < -0.39 is 5.54 Å². The largest absolute Gasteiger partial charge is 0.465 e. The Bertz CT molecular complexity index is 1350. The monoisotopic (exact) mass is 557 g/mol. The van der Waals surface area contributed by atoms with Crippen molar-refractivity contribution >= 4 is 17.3 Å². The maximum Gasteiger partial charge on any atom is 0.337 e. The maximum atomic E-state index is 13.3. The molecular weight excluding hydrogens is 506 g/mol. The molecule has 2 unspecified atom stereocenters. The van der Waals surface area contributed by atoms with Gasteiger partial charge in [-0.15, -0.1) is 0 Å². The molecule has 4 nitrogen and oxygen atoms in total. The normalized spacial score (nSPS) is 41.3. The van der Waals surface area contributed by atoms with Crippen molar-refractivity contribution in [1.82, 2.24) is 0 Å². The number of carbonyl (C=O) groups excluding carboxylic acids is 2. The van der Waals surface area contributed by atoms with Crippen LogP contribution in [0.5, 0.6) is 0 Å². The van der Waals surface area contributed by atoms with Crippen LogP contribution in [-0.2, 0) is 9.53 Å². The minimum atomic E-state index is -0.418. The molecule has 7 atom stereocenters. The Morgan fingerprint density at radius 2 is 1.61 bits per heavy atom. The summed E-state index contributed by atoms with van der Waals surface area (Å²) >= 11 is 0. The summed E-state index contributed by atoms with van der Waals surface area (Å²) in [4.78, 5) is 25.3. The molecule has 0 aliphatic heterocycles. The molecule has 6 rings (SSSR count). The SMILES string of the molecule is COC(=O)c1ccc(C2=CC[C@@]3(C)C(CC[C@]4(C)C3CC[C@@H]3C5=C(C(C)C)C(=O)C[C@]5(N)CC[C@]34C)C2(C)C)cc1. The molecule has 1 aromatic carbocycles. The second-order valence-electron chi connectivity index (χ2n) is 16.0. The van der Waals surface area contributed by atoms with Crippen LogP contribution >= 0.6 is 0 Å². The minimum Gasteiger partial charge on any atom is -0.465 e. The molecular formula is C37H51NO3. The van der Waals surface area contributed by atoms with E-state index in [1.54, 1.807) is 0 Å². The van der Waals surface area contributed by atoms with Gasteiger partial charge in [-0.05, 0) is 125 Å². The molecule has 1 aromatic rings. The number of allylic oxidation sites excluding steroid dienone is 3. The highest BCUT2D eigenvalue weighted by molar-refractivity contribution is 6.01. The molecule has 0 bridgehead atoms. The fourth-order valence-corrected chi connectivity index (χ4v) is 11.6. The van der Waals surface area contributed by atoms with Crippen molar-refractivity contribution in [1.29, 1.82) is 0 Å². The van der Waals surface area contributed by atoms with Gasteiger partial charge in [0.15, 0.2) is 5.78 Å². The number of Topliss-reactive ketones (excluding diaryl/α,β-unsaturated/α-hetero) is 1. The molecule has 41 heavy (non-hydrogen) atoms. The second kappa shape index (κ2) is 9.15. The number of hydrogen-bond acceptors (Lipinski definition) is 4. The van der Waals surface area contributed by atoms with Gasteiger partial charge in [0.25, 0.3) is 0 Å². The van der Waals surface area contributed by atoms with E-state index in [-0.39, 0.29) is 33.5 Å². The summed E-state index contributed by atoms with van der Waals surface area (Å²) in [5, 5.41) is 0. The van der Waals surface area contributed by atoms with E-state index in [1.807, 2.05) is 12.1 Å². The number of fused-ring (bicyclic) bond motifs is 7. The Morgan fingerprint density at radius 3 is 2.24 bits per heavy atom. The van der Waals surface area contributed by atoms with Crippen LogP contribution < -0.4 is 5.73 Å². The smallest absolute Gasteiger partial charge is 0.337 e. The summed E-state index contributed by atoms with van der Waals surface area (Å²) in [5.41, 5.74) is 13.0. The fraction of sp³-hybridized carbons (Fsp3) is 0.676. The zero-order valence-electron chi connectivity index (χ0n) is 26.7. The predicted molar refractivity (Wildman–Crippen MR) is 165 cm³/mol. The van der Waals surface area contributed by atoms with Gasteiger partial charge in [0, 0.05) is 12.0 Å². The third-order valence-electron chi connectivity index (χ3n) is 13.7. The summed E-state index contributed by atoms with van der Waals surface area (Å²) in [6.45, 7) is 17.1. The van der Waals surface area contributed by atoms with Crippen LogP contribution in [-0.4, -0.2) is 24.4 Å². The van der Waals surface area contributed by atoms with E-state index >= 15 is 0 Å². The standard InChI is InChI=1S/C37H51NO3/c1-22(2)30-27(39)21-37(38)20-19-35(6)26(31(30)37)13-14-29-34(5)17-15-25(23-9-11-24(12-10-23)32(40)41-8)33(3,4)28(34)16-18-36(29,35)7/h9-12,15,22,26,28-29H,13-14,16-21,38H2,1-8H3/t26-,28?,29?,34+,35-,36-,37-/m1/s1. The molecule has 3 fully saturated rings. The predicted octanol–water partition coefficient (Wildman–Crippen LogP) is 8.16. The van der Waals surface area contributed by atoms with Gasteiger partial charge >= 0.3 is 5.97 Å². The molecule has 0 aromatic heterocycles. The van der Waals surface area contributed by atoms with Crippen LogP contribution in [0.25, 0.3) is 5.57 Å². The molecule has 5 aliphatic carbocycles. The van der Waals surface area contributed by atoms with Gasteiger partial charge in [-0.1, -0.05) is 66.7 Å². The van der Waals surface area contributed by atoms with Crippen LogP contribution in [0, 0.1) is 45.3 Å². The number of nitrogens with two attached hydrogens (primary N) is 1. The summed E-state index contributed by atoms with van der Waals surface area (Å²) in [7, 11) is 1.43. The topological polar surface area (TPSA) is 69.4 Å². The molecule has 0 amide bonds. The van der Waals surface area contributed by atoms with Crippen molar-refractivity contribution in [3.05, 3.63) is 52.6 Å². The lowest BCUT2D eigenvalue weighted by Crippen LogP contribution is -2.65. The molecule has 2 N–H and O–H groups in total. The first-order valence-electron chi connectivity index (χ1n) is 16.1. The zero-order chi connectivity index (χ0) is 29.8. The Kier molecular flexibility index (Phi) is 6.45. The first-order chi connectivity index (χ1) is 19.1. The van der Waals surface area contributed by atoms with E-state index in [0.717, 1.165) is 31.3 Å². The van der Waals surface area contributed by atoms with E-state index in [2.05, 4.69) is 66.7 Å². The van der Waals surface area contributed by atoms with Gasteiger partial charge in [-0.25, -0.2) is 4.79 Å². The highest BCUT2D eigenvalue weighted by Gasteiger charge is 2.69. The number of ketones is 1. The van der Waals surface area contributed by atoms with Crippen LogP contribution in [0.3, 0.4) is 0 Å². The van der Waals surface area contributed by atoms with Crippen LogP contribution in [0.4, 0.5) is 0 Å². The van der Waals surface area contributed by atoms with Gasteiger partial charge in [-0.3, -0.25) is 4.79 Å². The van der Waals surface area contributed by atoms with Crippen molar-refractivity contribution in [2.75, 3.05) is 7.11 Å². The highest BCUT2D eigenvalue weighted by atomic mass is 16.5. The molecule has 4 heteroatoms. The van der Waals surface area contributed by atoms with Crippen LogP contribution in [0.2, 0.25) is 0 Å². The van der Waals surface area contributed by atoms with Gasteiger partial charge in [-0.2, -0.15) is 0 Å². The molecule has 0 spiro atoms. The third kappa shape index (κ3) is 3.74. The Morgan fingerprint density at radius 1 is 0.927 bits per heavy atom. The molecule has 3 saturated carbocycles. The number of hydrogen-bond donors (Lipinski definition) is 1. The molecule has 222 valence electrons. The maximum absolute atomic E-state index is 13.3. The van der Waals surface area contributed by atoms with Crippen LogP contribution in [0.15, 0.2) is 41.5 Å². The van der Waals surface area contributed by atoms with Crippen molar-refractivity contribution in [3.8, 4) is 0 Å². The number of methoxy groups -OCH3 is 1. The summed E-state index contributed by atoms with van der Waals surface area (Å²) in [5.74, 6) is 1.92. The number of benzene rings is 1. The van der Waals surface area contributed by atoms with Crippen molar-refractivity contribution < 1.29 is 14.3 Å². The van der Waals surface area contributed by atoms with Gasteiger partial charge in [0.05, 0.1) is 12.7 Å². The van der Waals surface area contributed by atoms with E-state index in [0.29, 0.717) is 35.5 Å². The molecule has 5 aliphatic rings.